The first kappa shape index (κ1) is 67.0. The molecule has 0 saturated carbocycles. The van der Waals surface area contributed by atoms with E-state index in [0.717, 1.165) is 27.0 Å². The molecule has 2 amide bonds. The van der Waals surface area contributed by atoms with E-state index in [4.69, 9.17) is 37.6 Å². The first-order valence-electron chi connectivity index (χ1n) is 25.1. The number of anilines is 4. The van der Waals surface area contributed by atoms with E-state index in [-0.39, 0.29) is 81.2 Å². The number of hydrogen-bond donors (Lipinski definition) is 4. The van der Waals surface area contributed by atoms with Crippen molar-refractivity contribution in [2.24, 2.45) is 0 Å². The van der Waals surface area contributed by atoms with Crippen molar-refractivity contribution >= 4 is 152 Å². The lowest BCUT2D eigenvalue weighted by molar-refractivity contribution is -0.118. The van der Waals surface area contributed by atoms with Crippen LogP contribution in [0.5, 0.6) is 0 Å². The van der Waals surface area contributed by atoms with E-state index in [2.05, 4.69) is 91.1 Å². The predicted octanol–water partition coefficient (Wildman–Crippen LogP) is 13.0. The zero-order valence-electron chi connectivity index (χ0n) is 45.0. The summed E-state index contributed by atoms with van der Waals surface area (Å²) in [5, 5.41) is 24.7. The molecule has 7 atom stereocenters. The van der Waals surface area contributed by atoms with Gasteiger partial charge in [0.15, 0.2) is 0 Å². The minimum absolute atomic E-state index is 0.0203. The summed E-state index contributed by atoms with van der Waals surface area (Å²) in [5.74, 6) is 0.0617. The average Bonchev–Trinajstić information content (AvgIpc) is 4.12. The van der Waals surface area contributed by atoms with Crippen LogP contribution >= 0.6 is 105 Å². The van der Waals surface area contributed by atoms with E-state index in [1.807, 2.05) is 71.9 Å². The van der Waals surface area contributed by atoms with Gasteiger partial charge in [-0.3, -0.25) is 9.59 Å². The van der Waals surface area contributed by atoms with Crippen LogP contribution in [0, 0.1) is 11.6 Å². The molecule has 2 aromatic carbocycles. The number of pyridine rings is 4. The number of carbonyl (C=O) groups excluding carboxylic acids is 2. The van der Waals surface area contributed by atoms with Crippen LogP contribution in [-0.2, 0) is 44.6 Å². The average molecular weight is 1350 g/mol. The normalized spacial score (nSPS) is 15.5. The molecule has 4 N–H and O–H groups in total. The van der Waals surface area contributed by atoms with Crippen molar-refractivity contribution in [2.45, 2.75) is 90.5 Å². The first-order valence-corrected chi connectivity index (χ1v) is 40.2. The second kappa shape index (κ2) is 30.8. The monoisotopic (exact) mass is 1340 g/mol. The van der Waals surface area contributed by atoms with Crippen LogP contribution in [0.25, 0.3) is 11.1 Å². The fraction of sp³-hybridized carbons (Fsp3) is 0.346. The highest BCUT2D eigenvalue weighted by Crippen LogP contribution is 3.00. The number of amides is 2. The third-order valence-electron chi connectivity index (χ3n) is 13.2. The molecule has 0 aliphatic carbocycles. The molecule has 0 bridgehead atoms. The Hall–Kier alpha value is -2.16. The largest absolute Gasteiger partial charge is 0.494 e. The highest BCUT2D eigenvalue weighted by molar-refractivity contribution is 9.10. The number of halogens is 5. The highest BCUT2D eigenvalue weighted by atomic mass is 79.9. The summed E-state index contributed by atoms with van der Waals surface area (Å²) in [4.78, 5) is 44.9. The molecule has 28 heteroatoms. The summed E-state index contributed by atoms with van der Waals surface area (Å²) in [6.45, 7) is 13.0. The van der Waals surface area contributed by atoms with Crippen molar-refractivity contribution < 1.29 is 37.9 Å². The fourth-order valence-corrected chi connectivity index (χ4v) is 37.9. The topological polar surface area (TPSA) is 175 Å². The first-order chi connectivity index (χ1) is 37.8. The number of hydrogen-bond acceptors (Lipinski definition) is 12. The van der Waals surface area contributed by atoms with Gasteiger partial charge in [-0.25, -0.2) is 28.7 Å². The van der Waals surface area contributed by atoms with Crippen molar-refractivity contribution in [1.82, 2.24) is 19.9 Å². The molecule has 3 aliphatic rings. The van der Waals surface area contributed by atoms with Crippen LogP contribution in [-0.4, -0.2) is 98.7 Å². The summed E-state index contributed by atoms with van der Waals surface area (Å²) >= 11 is 15.5. The second-order valence-corrected chi connectivity index (χ2v) is 49.5. The maximum Gasteiger partial charge on any atom is 0.494 e. The van der Waals surface area contributed by atoms with Crippen LogP contribution in [0.3, 0.4) is 0 Å². The quantitative estimate of drug-likeness (QED) is 0.0462. The molecular formula is C52H66BBrCl2F2N8O6P8. The van der Waals surface area contributed by atoms with Crippen molar-refractivity contribution in [3.05, 3.63) is 146 Å². The van der Waals surface area contributed by atoms with E-state index in [0.29, 0.717) is 65.3 Å². The van der Waals surface area contributed by atoms with Crippen molar-refractivity contribution in [3.63, 3.8) is 0 Å². The zero-order valence-corrected chi connectivity index (χ0v) is 56.5. The molecule has 14 nitrogen and oxygen atoms in total. The van der Waals surface area contributed by atoms with Crippen LogP contribution in [0.4, 0.5) is 31.8 Å². The fourth-order valence-electron chi connectivity index (χ4n) is 8.30. The van der Waals surface area contributed by atoms with Crippen molar-refractivity contribution in [3.8, 4) is 11.1 Å². The van der Waals surface area contributed by atoms with E-state index >= 15 is 8.78 Å². The summed E-state index contributed by atoms with van der Waals surface area (Å²) < 4.78 is 43.3. The Kier molecular flexibility index (Phi) is 25.8. The van der Waals surface area contributed by atoms with Gasteiger partial charge in [0.1, 0.15) is 33.6 Å². The maximum atomic E-state index is 15.1. The smallest absolute Gasteiger partial charge is 0.399 e. The highest BCUT2D eigenvalue weighted by Gasteiger charge is 2.52. The Morgan fingerprint density at radius 3 is 1.60 bits per heavy atom. The van der Waals surface area contributed by atoms with E-state index in [1.165, 1.54) is 21.9 Å². The molecule has 0 spiro atoms. The van der Waals surface area contributed by atoms with Crippen LogP contribution in [0.15, 0.2) is 102 Å². The van der Waals surface area contributed by atoms with Gasteiger partial charge in [-0.15, -0.1) is 44.6 Å². The van der Waals surface area contributed by atoms with Gasteiger partial charge < -0.3 is 40.0 Å². The summed E-state index contributed by atoms with van der Waals surface area (Å²) in [5.41, 5.74) is 4.61. The number of nitrogens with zero attached hydrogens (tertiary/aromatic N) is 6. The number of aliphatic hydroxyl groups excluding tert-OH is 2. The van der Waals surface area contributed by atoms with Crippen LogP contribution < -0.4 is 25.9 Å². The Labute approximate surface area is 501 Å². The number of rotatable bonds is 14. The molecule has 7 unspecified atom stereocenters. The maximum absolute atomic E-state index is 15.1. The van der Waals surface area contributed by atoms with Gasteiger partial charge in [0.05, 0.1) is 48.6 Å². The number of nitrogens with one attached hydrogen (secondary N) is 2. The SMILES string of the molecule is CC(CO)Nc1cc(-c2cc(F)c3c(c2)CCN3C(=O)Cc2cccnc2Cl)ccn1.CC(CO)Nc1cc(Br)ccn1.CC1(C)OB(c2cc(F)c3c(c2)CCN3C(=O)Cc2cccnc2Cl)OC1(C)C.PP(P)P(P)P(P)P. The van der Waals surface area contributed by atoms with E-state index in [1.54, 1.807) is 55.1 Å². The van der Waals surface area contributed by atoms with Gasteiger partial charge in [-0.2, -0.15) is 0 Å². The standard InChI is InChI=1S/C23H22ClFN4O2.C21H23BClFN2O3.C8H11BrN2O.H10P8/c1-14(13-30)28-20-11-15(4-7-26-20)18-9-16-5-8-29(22(16)19(25)10-18)21(31)12-17-3-2-6-27-23(17)24;1-20(2)21(3,4)29-22(28-20)15-10-13-7-9-26(18(13)16(24)12-15)17(27)11-14-6-5-8-25-19(14)23;1-6(5-12)11-8-4-7(9)2-3-10-8;1-6(2)8(5)7(3)4/h2-4,6-7,9-11,14,30H,5,8,12-13H2,1H3,(H,26,28);5-6,8,10,12H,7,9,11H2,1-4H3;2-4,6,12H,5H2,1H3,(H,10,11);1-5H2. The van der Waals surface area contributed by atoms with Gasteiger partial charge in [0, 0.05) is 54.4 Å². The van der Waals surface area contributed by atoms with Gasteiger partial charge in [-0.05, 0) is 169 Å². The molecular weight excluding hydrogens is 1280 g/mol. The minimum atomic E-state index is -0.640. The van der Waals surface area contributed by atoms with E-state index < -0.39 is 30.0 Å². The molecule has 80 heavy (non-hydrogen) atoms. The molecule has 4 aromatic heterocycles. The third kappa shape index (κ3) is 18.2. The molecule has 428 valence electrons. The van der Waals surface area contributed by atoms with Crippen LogP contribution in [0.2, 0.25) is 10.3 Å². The third-order valence-corrected chi connectivity index (χ3v) is 52.2. The molecule has 9 rings (SSSR count). The number of aromatic nitrogens is 4. The molecule has 1 saturated heterocycles. The van der Waals surface area contributed by atoms with Crippen molar-refractivity contribution in [1.29, 1.82) is 0 Å². The minimum Gasteiger partial charge on any atom is -0.399 e. The Morgan fingerprint density at radius 2 is 1.15 bits per heavy atom. The Morgan fingerprint density at radius 1 is 0.688 bits per heavy atom. The second-order valence-electron chi connectivity index (χ2n) is 19.7. The lowest BCUT2D eigenvalue weighted by Crippen LogP contribution is -2.41. The van der Waals surface area contributed by atoms with Crippen LogP contribution in [0.1, 0.15) is 63.8 Å². The van der Waals surface area contributed by atoms with Crippen molar-refractivity contribution in [2.75, 3.05) is 46.7 Å². The lowest BCUT2D eigenvalue weighted by atomic mass is 9.78. The summed E-state index contributed by atoms with van der Waals surface area (Å²) in [6.07, 6.45) is 7.76. The molecule has 6 aromatic rings. The summed E-state index contributed by atoms with van der Waals surface area (Å²) in [7, 11) is 13.8. The Balaban J connectivity index is 0.000000194. The molecule has 7 heterocycles. The van der Waals surface area contributed by atoms with Gasteiger partial charge in [0.25, 0.3) is 0 Å². The molecule has 3 aliphatic heterocycles. The van der Waals surface area contributed by atoms with Gasteiger partial charge >= 0.3 is 7.12 Å². The van der Waals surface area contributed by atoms with Gasteiger partial charge in [0.2, 0.25) is 11.8 Å². The Bertz CT molecular complexity index is 3100. The zero-order chi connectivity index (χ0) is 58.6. The number of benzene rings is 2. The number of fused-ring (bicyclic) bond motifs is 2. The number of carbonyl (C=O) groups is 2. The number of aliphatic hydroxyl groups is 2. The molecule has 1 fully saturated rings. The van der Waals surface area contributed by atoms with Gasteiger partial charge in [-0.1, -0.05) is 57.3 Å². The molecule has 0 radical (unpaired) electrons. The lowest BCUT2D eigenvalue weighted by Gasteiger charge is -2.32. The predicted molar refractivity (Wildman–Crippen MR) is 351 cm³/mol. The summed E-state index contributed by atoms with van der Waals surface area (Å²) in [6, 6.07) is 20.8. The van der Waals surface area contributed by atoms with E-state index in [9.17, 15) is 14.7 Å².